The van der Waals surface area contributed by atoms with Gasteiger partial charge in [-0.05, 0) is 46.2 Å². The summed E-state index contributed by atoms with van der Waals surface area (Å²) in [4.78, 5) is 4.69. The Morgan fingerprint density at radius 2 is 1.91 bits per heavy atom. The maximum atomic E-state index is 11.1. The molecule has 0 aliphatic carbocycles. The molecule has 1 aromatic carbocycles. The molecule has 0 amide bonds. The number of benzene rings is 1. The Kier molecular flexibility index (Phi) is 8.85. The van der Waals surface area contributed by atoms with Crippen molar-refractivity contribution in [2.24, 2.45) is 12.0 Å². The molecule has 0 radical (unpaired) electrons. The van der Waals surface area contributed by atoms with Gasteiger partial charge in [0.05, 0.1) is 12.6 Å². The Hall–Kier alpha value is -2.40. The Bertz CT molecular complexity index is 1040. The zero-order valence-electron chi connectivity index (χ0n) is 19.5. The highest BCUT2D eigenvalue weighted by Gasteiger charge is 2.28. The first-order chi connectivity index (χ1) is 14.7. The van der Waals surface area contributed by atoms with E-state index in [1.54, 1.807) is 6.92 Å². The topological polar surface area (TPSA) is 101 Å². The minimum absolute atomic E-state index is 0. The van der Waals surface area contributed by atoms with Crippen LogP contribution in [0.1, 0.15) is 54.2 Å². The summed E-state index contributed by atoms with van der Waals surface area (Å²) in [7, 11) is 1.92. The van der Waals surface area contributed by atoms with Gasteiger partial charge in [-0.25, -0.2) is 4.99 Å². The van der Waals surface area contributed by atoms with E-state index < -0.39 is 5.60 Å². The van der Waals surface area contributed by atoms with E-state index in [1.807, 2.05) is 56.7 Å². The van der Waals surface area contributed by atoms with Crippen molar-refractivity contribution >= 4 is 29.9 Å². The lowest BCUT2D eigenvalue weighted by atomic mass is 9.96. The maximum absolute atomic E-state index is 11.1. The summed E-state index contributed by atoms with van der Waals surface area (Å²) in [6.07, 6.45) is 0. The SMILES string of the molecule is Cc1cc(C(C)(O)CNC(=NCc2nnc(C)n2C)NC(C)c2ccccc2)c(C)o1.I. The monoisotopic (exact) mass is 552 g/mol. The molecule has 0 aliphatic rings. The fourth-order valence-electron chi connectivity index (χ4n) is 3.44. The van der Waals surface area contributed by atoms with Crippen LogP contribution in [0.4, 0.5) is 0 Å². The quantitative estimate of drug-likeness (QED) is 0.235. The normalized spacial score (nSPS) is 14.4. The highest BCUT2D eigenvalue weighted by Crippen LogP contribution is 2.26. The summed E-state index contributed by atoms with van der Waals surface area (Å²) in [5.41, 5.74) is 0.776. The standard InChI is InChI=1S/C23H32N6O2.HI/c1-15-12-20(17(3)31-15)23(5,30)14-25-22(24-13-21-28-27-18(4)29(21)6)26-16(2)19-10-8-7-9-11-19;/h7-12,16,30H,13-14H2,1-6H3,(H2,24,25,26);1H. The molecule has 9 heteroatoms. The number of aryl methyl sites for hydroxylation is 3. The number of nitrogens with zero attached hydrogens (tertiary/aromatic N) is 4. The van der Waals surface area contributed by atoms with Crippen LogP contribution in [-0.2, 0) is 19.2 Å². The molecule has 2 aromatic heterocycles. The van der Waals surface area contributed by atoms with Crippen molar-refractivity contribution in [2.45, 2.75) is 52.8 Å². The number of aromatic nitrogens is 3. The fourth-order valence-corrected chi connectivity index (χ4v) is 3.44. The van der Waals surface area contributed by atoms with Gasteiger partial charge in [0.25, 0.3) is 0 Å². The third kappa shape index (κ3) is 6.32. The first-order valence-electron chi connectivity index (χ1n) is 10.4. The average Bonchev–Trinajstić information content (AvgIpc) is 3.26. The second-order valence-corrected chi connectivity index (χ2v) is 8.12. The molecule has 0 bridgehead atoms. The van der Waals surface area contributed by atoms with Crippen molar-refractivity contribution in [3.8, 4) is 0 Å². The molecule has 0 saturated carbocycles. The first-order valence-corrected chi connectivity index (χ1v) is 10.4. The molecule has 3 N–H and O–H groups in total. The minimum Gasteiger partial charge on any atom is -0.466 e. The lowest BCUT2D eigenvalue weighted by Crippen LogP contribution is -2.45. The Balaban J connectivity index is 0.00000363. The van der Waals surface area contributed by atoms with Crippen LogP contribution in [0, 0.1) is 20.8 Å². The number of hydrogen-bond donors (Lipinski definition) is 3. The second-order valence-electron chi connectivity index (χ2n) is 8.12. The van der Waals surface area contributed by atoms with E-state index in [0.29, 0.717) is 18.3 Å². The van der Waals surface area contributed by atoms with Gasteiger partial charge in [-0.2, -0.15) is 0 Å². The summed E-state index contributed by atoms with van der Waals surface area (Å²) < 4.78 is 7.51. The summed E-state index contributed by atoms with van der Waals surface area (Å²) in [5, 5.41) is 26.1. The van der Waals surface area contributed by atoms with Gasteiger partial charge in [-0.3, -0.25) is 0 Å². The van der Waals surface area contributed by atoms with E-state index in [-0.39, 0.29) is 36.6 Å². The van der Waals surface area contributed by atoms with Crippen LogP contribution in [0.15, 0.2) is 45.8 Å². The maximum Gasteiger partial charge on any atom is 0.192 e. The van der Waals surface area contributed by atoms with Gasteiger partial charge in [-0.1, -0.05) is 30.3 Å². The summed E-state index contributed by atoms with van der Waals surface area (Å²) in [5.74, 6) is 3.66. The Morgan fingerprint density at radius 1 is 1.22 bits per heavy atom. The number of aliphatic hydroxyl groups is 1. The third-order valence-corrected chi connectivity index (χ3v) is 5.44. The van der Waals surface area contributed by atoms with Gasteiger partial charge in [0.2, 0.25) is 0 Å². The molecule has 0 aliphatic heterocycles. The molecule has 8 nitrogen and oxygen atoms in total. The lowest BCUT2D eigenvalue weighted by molar-refractivity contribution is 0.0601. The molecule has 0 fully saturated rings. The van der Waals surface area contributed by atoms with Crippen LogP contribution >= 0.6 is 24.0 Å². The largest absolute Gasteiger partial charge is 0.466 e. The number of rotatable bonds is 7. The van der Waals surface area contributed by atoms with Crippen LogP contribution in [0.3, 0.4) is 0 Å². The zero-order chi connectivity index (χ0) is 22.6. The minimum atomic E-state index is -1.12. The summed E-state index contributed by atoms with van der Waals surface area (Å²) in [6.45, 7) is 10.1. The molecule has 174 valence electrons. The van der Waals surface area contributed by atoms with E-state index >= 15 is 0 Å². The van der Waals surface area contributed by atoms with Crippen molar-refractivity contribution in [1.82, 2.24) is 25.4 Å². The van der Waals surface area contributed by atoms with E-state index in [4.69, 9.17) is 9.41 Å². The molecule has 2 atom stereocenters. The molecule has 3 aromatic rings. The lowest BCUT2D eigenvalue weighted by Gasteiger charge is -2.26. The number of hydrogen-bond acceptors (Lipinski definition) is 5. The number of guanidine groups is 1. The predicted molar refractivity (Wildman–Crippen MR) is 136 cm³/mol. The van der Waals surface area contributed by atoms with Crippen LogP contribution in [0.2, 0.25) is 0 Å². The van der Waals surface area contributed by atoms with Crippen molar-refractivity contribution in [2.75, 3.05) is 6.54 Å². The average molecular weight is 552 g/mol. The molecule has 32 heavy (non-hydrogen) atoms. The molecule has 0 spiro atoms. The molecular weight excluding hydrogens is 519 g/mol. The number of aliphatic imine (C=N–C) groups is 1. The smallest absolute Gasteiger partial charge is 0.192 e. The van der Waals surface area contributed by atoms with E-state index in [0.717, 1.165) is 28.5 Å². The Morgan fingerprint density at radius 3 is 2.47 bits per heavy atom. The predicted octanol–water partition coefficient (Wildman–Crippen LogP) is 3.66. The molecule has 0 saturated heterocycles. The van der Waals surface area contributed by atoms with Crippen LogP contribution in [-0.4, -0.2) is 32.4 Å². The fraction of sp³-hybridized carbons (Fsp3) is 0.435. The van der Waals surface area contributed by atoms with Crippen molar-refractivity contribution in [1.29, 1.82) is 0 Å². The Labute approximate surface area is 206 Å². The van der Waals surface area contributed by atoms with Gasteiger partial charge < -0.3 is 24.7 Å². The molecular formula is C23H33IN6O2. The summed E-state index contributed by atoms with van der Waals surface area (Å²) >= 11 is 0. The third-order valence-electron chi connectivity index (χ3n) is 5.44. The van der Waals surface area contributed by atoms with Gasteiger partial charge in [-0.15, -0.1) is 34.2 Å². The molecule has 2 unspecified atom stereocenters. The van der Waals surface area contributed by atoms with Gasteiger partial charge in [0.15, 0.2) is 11.8 Å². The van der Waals surface area contributed by atoms with Crippen molar-refractivity contribution < 1.29 is 9.52 Å². The van der Waals surface area contributed by atoms with E-state index in [1.165, 1.54) is 0 Å². The number of nitrogens with one attached hydrogen (secondary N) is 2. The summed E-state index contributed by atoms with van der Waals surface area (Å²) in [6, 6.07) is 12.0. The first kappa shape index (κ1) is 25.9. The molecule has 2 heterocycles. The van der Waals surface area contributed by atoms with Gasteiger partial charge >= 0.3 is 0 Å². The van der Waals surface area contributed by atoms with Crippen molar-refractivity contribution in [3.63, 3.8) is 0 Å². The highest BCUT2D eigenvalue weighted by molar-refractivity contribution is 14.0. The zero-order valence-corrected chi connectivity index (χ0v) is 21.8. The van der Waals surface area contributed by atoms with Crippen LogP contribution < -0.4 is 10.6 Å². The molecule has 3 rings (SSSR count). The second kappa shape index (κ2) is 11.0. The van der Waals surface area contributed by atoms with Crippen LogP contribution in [0.5, 0.6) is 0 Å². The number of furan rings is 1. The van der Waals surface area contributed by atoms with Crippen molar-refractivity contribution in [3.05, 3.63) is 70.7 Å². The van der Waals surface area contributed by atoms with E-state index in [9.17, 15) is 5.11 Å². The number of halogens is 1. The highest BCUT2D eigenvalue weighted by atomic mass is 127. The van der Waals surface area contributed by atoms with Gasteiger partial charge in [0, 0.05) is 12.6 Å². The van der Waals surface area contributed by atoms with Gasteiger partial charge in [0.1, 0.15) is 29.5 Å². The van der Waals surface area contributed by atoms with E-state index in [2.05, 4.69) is 39.9 Å². The van der Waals surface area contributed by atoms with Crippen LogP contribution in [0.25, 0.3) is 0 Å².